The van der Waals surface area contributed by atoms with Crippen molar-refractivity contribution >= 4 is 11.9 Å². The summed E-state index contributed by atoms with van der Waals surface area (Å²) in [5.74, 6) is -0.160. The molecule has 25 heavy (non-hydrogen) atoms. The number of aromatic hydroxyl groups is 1. The van der Waals surface area contributed by atoms with Crippen LogP contribution in [0.5, 0.6) is 11.5 Å². The molecule has 2 fully saturated rings. The van der Waals surface area contributed by atoms with Gasteiger partial charge in [-0.25, -0.2) is 4.98 Å². The fraction of sp³-hybridized carbons (Fsp3) is 0.611. The molecule has 3 rings (SSSR count). The standard InChI is InChI=1S/C18H24N2O5/c1-9(2)25-18(23)12-7-11-6-10(12)8-13(11)20-17(22)15-16(21)14(24-3)4-5-19-15/h4-5,9-13,21H,6-8H2,1-3H3,(H,20,22). The van der Waals surface area contributed by atoms with Gasteiger partial charge in [0.1, 0.15) is 0 Å². The van der Waals surface area contributed by atoms with Crippen LogP contribution in [-0.2, 0) is 9.53 Å². The number of methoxy groups -OCH3 is 1. The lowest BCUT2D eigenvalue weighted by molar-refractivity contribution is -0.154. The molecule has 0 saturated heterocycles. The number of ether oxygens (including phenoxy) is 2. The van der Waals surface area contributed by atoms with Gasteiger partial charge in [-0.3, -0.25) is 9.59 Å². The number of nitrogens with one attached hydrogen (secondary N) is 1. The molecule has 2 bridgehead atoms. The summed E-state index contributed by atoms with van der Waals surface area (Å²) in [7, 11) is 1.42. The molecule has 4 atom stereocenters. The first kappa shape index (κ1) is 17.5. The van der Waals surface area contributed by atoms with E-state index in [-0.39, 0.29) is 53.1 Å². The van der Waals surface area contributed by atoms with E-state index in [4.69, 9.17) is 9.47 Å². The van der Waals surface area contributed by atoms with E-state index >= 15 is 0 Å². The normalized spacial score (nSPS) is 27.4. The number of carbonyl (C=O) groups excluding carboxylic acids is 2. The number of hydrogen-bond donors (Lipinski definition) is 2. The predicted molar refractivity (Wildman–Crippen MR) is 89.3 cm³/mol. The minimum absolute atomic E-state index is 0.00648. The molecule has 2 aliphatic rings. The number of amides is 1. The molecule has 2 N–H and O–H groups in total. The molecular weight excluding hydrogens is 324 g/mol. The smallest absolute Gasteiger partial charge is 0.309 e. The fourth-order valence-corrected chi connectivity index (χ4v) is 4.06. The van der Waals surface area contributed by atoms with Crippen molar-refractivity contribution in [3.8, 4) is 11.5 Å². The van der Waals surface area contributed by atoms with Crippen LogP contribution < -0.4 is 10.1 Å². The van der Waals surface area contributed by atoms with Gasteiger partial charge in [-0.2, -0.15) is 0 Å². The lowest BCUT2D eigenvalue weighted by Crippen LogP contribution is -2.41. The molecule has 1 heterocycles. The Bertz CT molecular complexity index is 675. The Hall–Kier alpha value is -2.31. The molecule has 1 amide bonds. The lowest BCUT2D eigenvalue weighted by atomic mass is 9.86. The molecular formula is C18H24N2O5. The molecule has 0 radical (unpaired) electrons. The van der Waals surface area contributed by atoms with Gasteiger partial charge in [0.15, 0.2) is 17.2 Å². The van der Waals surface area contributed by atoms with Crippen LogP contribution in [0.25, 0.3) is 0 Å². The second-order valence-electron chi connectivity index (χ2n) is 7.11. The van der Waals surface area contributed by atoms with Crippen molar-refractivity contribution in [2.45, 2.75) is 45.3 Å². The van der Waals surface area contributed by atoms with Crippen molar-refractivity contribution in [1.29, 1.82) is 0 Å². The van der Waals surface area contributed by atoms with Crippen LogP contribution >= 0.6 is 0 Å². The summed E-state index contributed by atoms with van der Waals surface area (Å²) in [4.78, 5) is 28.5. The molecule has 1 aromatic rings. The third kappa shape index (κ3) is 3.41. The number of carbonyl (C=O) groups is 2. The summed E-state index contributed by atoms with van der Waals surface area (Å²) in [5.41, 5.74) is -0.0436. The SMILES string of the molecule is COc1ccnc(C(=O)NC2CC3CC2CC3C(=O)OC(C)C)c1O. The average molecular weight is 348 g/mol. The molecule has 136 valence electrons. The van der Waals surface area contributed by atoms with E-state index in [2.05, 4.69) is 10.3 Å². The zero-order valence-corrected chi connectivity index (χ0v) is 14.7. The second-order valence-corrected chi connectivity index (χ2v) is 7.11. The van der Waals surface area contributed by atoms with Gasteiger partial charge in [-0.05, 0) is 44.9 Å². The van der Waals surface area contributed by atoms with Crippen LogP contribution in [0.1, 0.15) is 43.6 Å². The highest BCUT2D eigenvalue weighted by atomic mass is 16.5. The Morgan fingerprint density at radius 1 is 1.28 bits per heavy atom. The van der Waals surface area contributed by atoms with E-state index in [0.29, 0.717) is 0 Å². The first-order chi connectivity index (χ1) is 11.9. The van der Waals surface area contributed by atoms with Gasteiger partial charge in [0.25, 0.3) is 5.91 Å². The van der Waals surface area contributed by atoms with Crippen molar-refractivity contribution < 1.29 is 24.2 Å². The van der Waals surface area contributed by atoms with Gasteiger partial charge in [0, 0.05) is 18.3 Å². The largest absolute Gasteiger partial charge is 0.503 e. The maximum absolute atomic E-state index is 12.4. The van der Waals surface area contributed by atoms with Gasteiger partial charge in [0.05, 0.1) is 19.1 Å². The highest BCUT2D eigenvalue weighted by Crippen LogP contribution is 2.49. The van der Waals surface area contributed by atoms with Gasteiger partial charge in [0.2, 0.25) is 0 Å². The molecule has 0 spiro atoms. The number of hydrogen-bond acceptors (Lipinski definition) is 6. The summed E-state index contributed by atoms with van der Waals surface area (Å²) >= 11 is 0. The van der Waals surface area contributed by atoms with E-state index < -0.39 is 5.91 Å². The Kier molecular flexibility index (Phi) is 4.83. The Morgan fingerprint density at radius 3 is 2.64 bits per heavy atom. The monoisotopic (exact) mass is 348 g/mol. The zero-order chi connectivity index (χ0) is 18.1. The second kappa shape index (κ2) is 6.90. The van der Waals surface area contributed by atoms with Crippen LogP contribution in [0.2, 0.25) is 0 Å². The molecule has 4 unspecified atom stereocenters. The molecule has 0 aliphatic heterocycles. The number of esters is 1. The number of fused-ring (bicyclic) bond motifs is 2. The van der Waals surface area contributed by atoms with Crippen LogP contribution in [0.4, 0.5) is 0 Å². The first-order valence-electron chi connectivity index (χ1n) is 8.64. The van der Waals surface area contributed by atoms with Crippen LogP contribution in [-0.4, -0.2) is 41.2 Å². The maximum Gasteiger partial charge on any atom is 0.309 e. The number of rotatable bonds is 5. The van der Waals surface area contributed by atoms with E-state index in [0.717, 1.165) is 19.3 Å². The lowest BCUT2D eigenvalue weighted by Gasteiger charge is -2.28. The fourth-order valence-electron chi connectivity index (χ4n) is 4.06. The quantitative estimate of drug-likeness (QED) is 0.789. The third-order valence-corrected chi connectivity index (χ3v) is 5.15. The van der Waals surface area contributed by atoms with Crippen molar-refractivity contribution in [2.24, 2.45) is 17.8 Å². The topological polar surface area (TPSA) is 97.8 Å². The van der Waals surface area contributed by atoms with E-state index in [9.17, 15) is 14.7 Å². The minimum Gasteiger partial charge on any atom is -0.503 e. The van der Waals surface area contributed by atoms with Crippen LogP contribution in [0, 0.1) is 17.8 Å². The maximum atomic E-state index is 12.4. The molecule has 7 heteroatoms. The molecule has 7 nitrogen and oxygen atoms in total. The molecule has 2 aliphatic carbocycles. The Labute approximate surface area is 146 Å². The van der Waals surface area contributed by atoms with E-state index in [1.54, 1.807) is 0 Å². The zero-order valence-electron chi connectivity index (χ0n) is 14.7. The van der Waals surface area contributed by atoms with Gasteiger partial charge < -0.3 is 19.9 Å². The highest BCUT2D eigenvalue weighted by Gasteiger charge is 2.49. The van der Waals surface area contributed by atoms with Crippen LogP contribution in [0.15, 0.2) is 12.3 Å². The van der Waals surface area contributed by atoms with Crippen molar-refractivity contribution in [2.75, 3.05) is 7.11 Å². The molecule has 0 aromatic carbocycles. The summed E-state index contributed by atoms with van der Waals surface area (Å²) in [5, 5.41) is 13.0. The summed E-state index contributed by atoms with van der Waals surface area (Å²) in [6.07, 6.45) is 3.72. The Balaban J connectivity index is 1.62. The summed E-state index contributed by atoms with van der Waals surface area (Å²) < 4.78 is 10.3. The minimum atomic E-state index is -0.421. The number of nitrogens with zero attached hydrogens (tertiary/aromatic N) is 1. The van der Waals surface area contributed by atoms with Crippen LogP contribution in [0.3, 0.4) is 0 Å². The summed E-state index contributed by atoms with van der Waals surface area (Å²) in [6, 6.07) is 1.49. The number of pyridine rings is 1. The first-order valence-corrected chi connectivity index (χ1v) is 8.64. The van der Waals surface area contributed by atoms with Gasteiger partial charge in [-0.15, -0.1) is 0 Å². The number of aromatic nitrogens is 1. The van der Waals surface area contributed by atoms with Crippen molar-refractivity contribution in [3.05, 3.63) is 18.0 Å². The van der Waals surface area contributed by atoms with Crippen molar-refractivity contribution in [3.63, 3.8) is 0 Å². The van der Waals surface area contributed by atoms with E-state index in [1.807, 2.05) is 13.8 Å². The molecule has 1 aromatic heterocycles. The van der Waals surface area contributed by atoms with Gasteiger partial charge in [-0.1, -0.05) is 0 Å². The predicted octanol–water partition coefficient (Wildman–Crippen LogP) is 1.89. The van der Waals surface area contributed by atoms with Gasteiger partial charge >= 0.3 is 5.97 Å². The highest BCUT2D eigenvalue weighted by molar-refractivity contribution is 5.95. The average Bonchev–Trinajstić information content (AvgIpc) is 3.14. The van der Waals surface area contributed by atoms with Crippen molar-refractivity contribution in [1.82, 2.24) is 10.3 Å². The Morgan fingerprint density at radius 2 is 2.04 bits per heavy atom. The third-order valence-electron chi connectivity index (χ3n) is 5.15. The van der Waals surface area contributed by atoms with E-state index in [1.165, 1.54) is 19.4 Å². The molecule has 2 saturated carbocycles. The summed E-state index contributed by atoms with van der Waals surface area (Å²) in [6.45, 7) is 3.70.